The van der Waals surface area contributed by atoms with Crippen molar-refractivity contribution in [2.24, 2.45) is 0 Å². The largest absolute Gasteiger partial charge is 0.755 e. The van der Waals surface area contributed by atoms with E-state index in [1.807, 2.05) is 0 Å². The van der Waals surface area contributed by atoms with Crippen molar-refractivity contribution in [2.45, 2.75) is 38.8 Å². The van der Waals surface area contributed by atoms with Gasteiger partial charge in [-0.1, -0.05) is 0 Å². The van der Waals surface area contributed by atoms with Gasteiger partial charge in [-0.2, -0.15) is 5.10 Å². The standard InChI is InChI=1S/C22H22BrFN4O5S/c1-2-32-21(29)13-27-19-4-3-5-20(17(19)12-26-27)28(34(30)31)15-10-18(23)22(25-11-15)33-16-8-6-14(24)7-9-16/h6-12,20H,2-5,13H2,1H3,(H,30,31)/p-1. The van der Waals surface area contributed by atoms with Crippen LogP contribution < -0.4 is 9.04 Å². The van der Waals surface area contributed by atoms with Crippen LogP contribution in [0.1, 0.15) is 37.1 Å². The summed E-state index contributed by atoms with van der Waals surface area (Å²) in [6.07, 6.45) is 4.98. The van der Waals surface area contributed by atoms with Gasteiger partial charge in [0.15, 0.2) is 0 Å². The number of halogens is 2. The fraction of sp³-hybridized carbons (Fsp3) is 0.318. The molecule has 0 spiro atoms. The Labute approximate surface area is 206 Å². The fourth-order valence-electron chi connectivity index (χ4n) is 3.90. The number of anilines is 1. The van der Waals surface area contributed by atoms with Crippen LogP contribution in [-0.2, 0) is 33.8 Å². The third kappa shape index (κ3) is 5.29. The number of esters is 1. The lowest BCUT2D eigenvalue weighted by atomic mass is 9.92. The van der Waals surface area contributed by atoms with Crippen LogP contribution in [0.3, 0.4) is 0 Å². The van der Waals surface area contributed by atoms with Crippen LogP contribution in [0.2, 0.25) is 0 Å². The van der Waals surface area contributed by atoms with Crippen molar-refractivity contribution >= 4 is 38.9 Å². The van der Waals surface area contributed by atoms with Crippen molar-refractivity contribution in [2.75, 3.05) is 10.9 Å². The van der Waals surface area contributed by atoms with Gasteiger partial charge >= 0.3 is 5.97 Å². The van der Waals surface area contributed by atoms with Crippen molar-refractivity contribution in [3.8, 4) is 11.6 Å². The van der Waals surface area contributed by atoms with Crippen LogP contribution in [0.4, 0.5) is 10.1 Å². The summed E-state index contributed by atoms with van der Waals surface area (Å²) in [5.74, 6) is -0.193. The van der Waals surface area contributed by atoms with Crippen LogP contribution in [0.25, 0.3) is 0 Å². The molecule has 0 aliphatic heterocycles. The van der Waals surface area contributed by atoms with Crippen molar-refractivity contribution < 1.29 is 27.4 Å². The van der Waals surface area contributed by atoms with Gasteiger partial charge in [-0.05, 0) is 72.4 Å². The average molecular weight is 552 g/mol. The van der Waals surface area contributed by atoms with E-state index in [0.29, 0.717) is 28.8 Å². The molecule has 2 aromatic heterocycles. The molecule has 180 valence electrons. The van der Waals surface area contributed by atoms with Crippen LogP contribution >= 0.6 is 15.9 Å². The normalized spacial score (nSPS) is 15.9. The molecule has 3 aromatic rings. The lowest BCUT2D eigenvalue weighted by Gasteiger charge is -2.36. The second kappa shape index (κ2) is 10.6. The van der Waals surface area contributed by atoms with Crippen LogP contribution in [0.5, 0.6) is 11.6 Å². The second-order valence-corrected chi connectivity index (χ2v) is 9.18. The van der Waals surface area contributed by atoms with Crippen LogP contribution in [0.15, 0.2) is 47.2 Å². The lowest BCUT2D eigenvalue weighted by Crippen LogP contribution is -2.33. The first-order chi connectivity index (χ1) is 16.4. The van der Waals surface area contributed by atoms with E-state index in [2.05, 4.69) is 26.0 Å². The molecule has 9 nitrogen and oxygen atoms in total. The minimum Gasteiger partial charge on any atom is -0.755 e. The zero-order chi connectivity index (χ0) is 24.2. The predicted octanol–water partition coefficient (Wildman–Crippen LogP) is 4.21. The molecule has 0 radical (unpaired) electrons. The van der Waals surface area contributed by atoms with Crippen molar-refractivity contribution in [1.82, 2.24) is 14.8 Å². The second-order valence-electron chi connectivity index (χ2n) is 7.50. The summed E-state index contributed by atoms with van der Waals surface area (Å²) >= 11 is 0.773. The van der Waals surface area contributed by atoms with Crippen molar-refractivity contribution in [3.63, 3.8) is 0 Å². The maximum absolute atomic E-state index is 13.1. The van der Waals surface area contributed by atoms with E-state index >= 15 is 0 Å². The Hall–Kier alpha value is -2.83. The minimum atomic E-state index is -2.61. The predicted molar refractivity (Wildman–Crippen MR) is 124 cm³/mol. The van der Waals surface area contributed by atoms with Gasteiger partial charge < -0.3 is 14.0 Å². The summed E-state index contributed by atoms with van der Waals surface area (Å²) in [4.78, 5) is 16.2. The number of aromatic nitrogens is 3. The lowest BCUT2D eigenvalue weighted by molar-refractivity contribution is -0.144. The molecule has 2 atom stereocenters. The molecular weight excluding hydrogens is 531 g/mol. The number of ether oxygens (including phenoxy) is 2. The molecule has 0 amide bonds. The number of nitrogens with zero attached hydrogens (tertiary/aromatic N) is 4. The van der Waals surface area contributed by atoms with Gasteiger partial charge in [-0.3, -0.25) is 18.0 Å². The summed E-state index contributed by atoms with van der Waals surface area (Å²) in [7, 11) is 0. The molecule has 2 heterocycles. The molecule has 4 rings (SSSR count). The molecule has 0 saturated carbocycles. The topological polar surface area (TPSA) is 110 Å². The minimum absolute atomic E-state index is 0.0289. The number of benzene rings is 1. The van der Waals surface area contributed by atoms with Gasteiger partial charge in [-0.15, -0.1) is 0 Å². The zero-order valence-electron chi connectivity index (χ0n) is 18.1. The third-order valence-electron chi connectivity index (χ3n) is 5.33. The van der Waals surface area contributed by atoms with Gasteiger partial charge in [0, 0.05) is 22.5 Å². The molecule has 34 heavy (non-hydrogen) atoms. The maximum atomic E-state index is 13.1. The van der Waals surface area contributed by atoms with Crippen LogP contribution in [-0.4, -0.2) is 36.1 Å². The van der Waals surface area contributed by atoms with E-state index in [-0.39, 0.29) is 24.8 Å². The maximum Gasteiger partial charge on any atom is 0.327 e. The van der Waals surface area contributed by atoms with E-state index in [4.69, 9.17) is 9.47 Å². The van der Waals surface area contributed by atoms with E-state index < -0.39 is 23.3 Å². The third-order valence-corrected chi connectivity index (χ3v) is 6.69. The highest BCUT2D eigenvalue weighted by molar-refractivity contribution is 9.10. The Morgan fingerprint density at radius 2 is 2.12 bits per heavy atom. The molecular formula is C22H21BrFN4O5S-. The van der Waals surface area contributed by atoms with Gasteiger partial charge in [0.25, 0.3) is 0 Å². The number of carbonyl (C=O) groups excluding carboxylic acids is 1. The Morgan fingerprint density at radius 3 is 2.79 bits per heavy atom. The first-order valence-corrected chi connectivity index (χ1v) is 12.4. The smallest absolute Gasteiger partial charge is 0.327 e. The Kier molecular flexibility index (Phi) is 7.59. The SMILES string of the molecule is CCOC(=O)Cn1ncc2c1CCCC2N(c1cnc(Oc2ccc(F)cc2)c(Br)c1)S(=O)[O-]. The molecule has 0 N–H and O–H groups in total. The monoisotopic (exact) mass is 551 g/mol. The summed E-state index contributed by atoms with van der Waals surface area (Å²) in [5.41, 5.74) is 1.88. The van der Waals surface area contributed by atoms with Gasteiger partial charge in [0.05, 0.1) is 35.2 Å². The molecule has 1 aliphatic rings. The number of hydrogen-bond acceptors (Lipinski definition) is 7. The number of rotatable bonds is 8. The Bertz CT molecular complexity index is 1210. The van der Waals surface area contributed by atoms with Crippen LogP contribution in [0, 0.1) is 5.82 Å². The summed E-state index contributed by atoms with van der Waals surface area (Å²) in [6, 6.07) is 6.56. The number of pyridine rings is 1. The highest BCUT2D eigenvalue weighted by atomic mass is 79.9. The van der Waals surface area contributed by atoms with E-state index in [1.54, 1.807) is 23.9 Å². The quantitative estimate of drug-likeness (QED) is 0.304. The van der Waals surface area contributed by atoms with Crippen molar-refractivity contribution in [1.29, 1.82) is 0 Å². The molecule has 0 fully saturated rings. The zero-order valence-corrected chi connectivity index (χ0v) is 20.6. The number of carbonyl (C=O) groups is 1. The summed E-state index contributed by atoms with van der Waals surface area (Å²) in [5, 5.41) is 4.31. The molecule has 0 saturated heterocycles. The first kappa shape index (κ1) is 24.3. The fourth-order valence-corrected chi connectivity index (χ4v) is 5.02. The van der Waals surface area contributed by atoms with Gasteiger partial charge in [0.2, 0.25) is 5.88 Å². The first-order valence-electron chi connectivity index (χ1n) is 10.5. The number of hydrogen-bond donors (Lipinski definition) is 0. The summed E-state index contributed by atoms with van der Waals surface area (Å²) < 4.78 is 51.7. The summed E-state index contributed by atoms with van der Waals surface area (Å²) in [6.45, 7) is 1.98. The molecule has 0 bridgehead atoms. The van der Waals surface area contributed by atoms with Gasteiger partial charge in [-0.25, -0.2) is 9.37 Å². The highest BCUT2D eigenvalue weighted by Gasteiger charge is 2.31. The molecule has 2 unspecified atom stereocenters. The van der Waals surface area contributed by atoms with Gasteiger partial charge in [0.1, 0.15) is 18.1 Å². The average Bonchev–Trinajstić information content (AvgIpc) is 3.20. The Balaban J connectivity index is 1.60. The molecule has 1 aliphatic carbocycles. The van der Waals surface area contributed by atoms with E-state index in [0.717, 1.165) is 17.7 Å². The molecule has 1 aromatic carbocycles. The Morgan fingerprint density at radius 1 is 1.35 bits per heavy atom. The van der Waals surface area contributed by atoms with Crippen molar-refractivity contribution in [3.05, 3.63) is 64.3 Å². The van der Waals surface area contributed by atoms with E-state index in [1.165, 1.54) is 34.8 Å². The van der Waals surface area contributed by atoms with E-state index in [9.17, 15) is 17.9 Å². The molecule has 12 heteroatoms. The highest BCUT2D eigenvalue weighted by Crippen LogP contribution is 2.39. The number of fused-ring (bicyclic) bond motifs is 1.